The van der Waals surface area contributed by atoms with Crippen LogP contribution in [0.5, 0.6) is 0 Å². The molecule has 3 heteroatoms. The van der Waals surface area contributed by atoms with Crippen LogP contribution in [0.2, 0.25) is 0 Å². The summed E-state index contributed by atoms with van der Waals surface area (Å²) in [4.78, 5) is 11.8. The molecule has 1 aliphatic rings. The number of carbonyl (C=O) groups excluding carboxylic acids is 1. The van der Waals surface area contributed by atoms with Crippen LogP contribution in [-0.4, -0.2) is 12.6 Å². The first-order valence-electron chi connectivity index (χ1n) is 6.09. The third kappa shape index (κ3) is 2.84. The quantitative estimate of drug-likeness (QED) is 0.613. The molecule has 0 atom stereocenters. The Bertz CT molecular complexity index is 597. The average Bonchev–Trinajstić information content (AvgIpc) is 2.46. The first-order valence-corrected chi connectivity index (χ1v) is 6.09. The van der Waals surface area contributed by atoms with Crippen molar-refractivity contribution in [2.24, 2.45) is 0 Å². The standard InChI is InChI=1S/C16H13NO2/c1-2-3-4-15-14(9-10-19-16(15)18)13-7-5-12(11-17)6-8-13/h1,5-8H,3-4,9-10H2. The minimum Gasteiger partial charge on any atom is -0.462 e. The molecular weight excluding hydrogens is 238 g/mol. The third-order valence-electron chi connectivity index (χ3n) is 3.08. The normalized spacial score (nSPS) is 14.5. The first kappa shape index (κ1) is 12.9. The van der Waals surface area contributed by atoms with Gasteiger partial charge in [-0.3, -0.25) is 0 Å². The van der Waals surface area contributed by atoms with Crippen LogP contribution in [0.3, 0.4) is 0 Å². The molecule has 1 heterocycles. The molecule has 2 rings (SSSR count). The van der Waals surface area contributed by atoms with E-state index < -0.39 is 0 Å². The summed E-state index contributed by atoms with van der Waals surface area (Å²) in [6.45, 7) is 0.397. The molecule has 3 nitrogen and oxygen atoms in total. The first-order chi connectivity index (χ1) is 9.26. The number of cyclic esters (lactones) is 1. The monoisotopic (exact) mass is 251 g/mol. The Hall–Kier alpha value is -2.52. The molecular formula is C16H13NO2. The zero-order chi connectivity index (χ0) is 13.7. The average molecular weight is 251 g/mol. The summed E-state index contributed by atoms with van der Waals surface area (Å²) >= 11 is 0. The van der Waals surface area contributed by atoms with E-state index in [1.54, 1.807) is 12.1 Å². The summed E-state index contributed by atoms with van der Waals surface area (Å²) < 4.78 is 5.07. The van der Waals surface area contributed by atoms with Gasteiger partial charge in [-0.1, -0.05) is 12.1 Å². The number of nitriles is 1. The molecule has 1 aromatic carbocycles. The minimum absolute atomic E-state index is 0.277. The van der Waals surface area contributed by atoms with E-state index in [1.807, 2.05) is 12.1 Å². The molecule has 0 saturated carbocycles. The lowest BCUT2D eigenvalue weighted by molar-refractivity contribution is -0.139. The van der Waals surface area contributed by atoms with Crippen LogP contribution in [0, 0.1) is 23.7 Å². The number of terminal acetylenes is 1. The number of esters is 1. The van der Waals surface area contributed by atoms with Crippen molar-refractivity contribution in [2.75, 3.05) is 6.61 Å². The fourth-order valence-corrected chi connectivity index (χ4v) is 2.12. The lowest BCUT2D eigenvalue weighted by Gasteiger charge is -2.19. The fraction of sp³-hybridized carbons (Fsp3) is 0.250. The van der Waals surface area contributed by atoms with Gasteiger partial charge in [-0.15, -0.1) is 12.3 Å². The second-order valence-corrected chi connectivity index (χ2v) is 4.24. The predicted octanol–water partition coefficient (Wildman–Crippen LogP) is 2.67. The van der Waals surface area contributed by atoms with Crippen LogP contribution in [0.25, 0.3) is 5.57 Å². The molecule has 0 bridgehead atoms. The zero-order valence-electron chi connectivity index (χ0n) is 10.5. The SMILES string of the molecule is C#CCCC1=C(c2ccc(C#N)cc2)CCOC1=O. The van der Waals surface area contributed by atoms with E-state index in [2.05, 4.69) is 12.0 Å². The van der Waals surface area contributed by atoms with Gasteiger partial charge in [-0.2, -0.15) is 5.26 Å². The van der Waals surface area contributed by atoms with E-state index >= 15 is 0 Å². The van der Waals surface area contributed by atoms with Crippen molar-refractivity contribution in [3.8, 4) is 18.4 Å². The third-order valence-corrected chi connectivity index (χ3v) is 3.08. The van der Waals surface area contributed by atoms with Gasteiger partial charge in [-0.25, -0.2) is 4.79 Å². The summed E-state index contributed by atoms with van der Waals surface area (Å²) in [7, 11) is 0. The predicted molar refractivity (Wildman–Crippen MR) is 71.7 cm³/mol. The molecule has 0 N–H and O–H groups in total. The summed E-state index contributed by atoms with van der Waals surface area (Å²) in [6, 6.07) is 9.31. The van der Waals surface area contributed by atoms with Gasteiger partial charge in [0.15, 0.2) is 0 Å². The second-order valence-electron chi connectivity index (χ2n) is 4.24. The smallest absolute Gasteiger partial charge is 0.334 e. The van der Waals surface area contributed by atoms with E-state index in [1.165, 1.54) is 0 Å². The van der Waals surface area contributed by atoms with Gasteiger partial charge in [0.2, 0.25) is 0 Å². The van der Waals surface area contributed by atoms with Crippen molar-refractivity contribution < 1.29 is 9.53 Å². The number of hydrogen-bond donors (Lipinski definition) is 0. The van der Waals surface area contributed by atoms with Gasteiger partial charge in [0, 0.05) is 18.4 Å². The van der Waals surface area contributed by atoms with E-state index in [9.17, 15) is 4.79 Å². The number of benzene rings is 1. The molecule has 0 aromatic heterocycles. The topological polar surface area (TPSA) is 50.1 Å². The van der Waals surface area contributed by atoms with Crippen LogP contribution in [0.1, 0.15) is 30.4 Å². The van der Waals surface area contributed by atoms with Crippen molar-refractivity contribution in [1.29, 1.82) is 5.26 Å². The number of carbonyl (C=O) groups is 1. The number of nitrogens with zero attached hydrogens (tertiary/aromatic N) is 1. The highest BCUT2D eigenvalue weighted by Crippen LogP contribution is 2.29. The molecule has 0 radical (unpaired) electrons. The molecule has 0 fully saturated rings. The number of rotatable bonds is 3. The lowest BCUT2D eigenvalue weighted by atomic mass is 9.92. The van der Waals surface area contributed by atoms with E-state index in [0.29, 0.717) is 37.0 Å². The minimum atomic E-state index is -0.277. The van der Waals surface area contributed by atoms with E-state index in [0.717, 1.165) is 11.1 Å². The Morgan fingerprint density at radius 3 is 2.68 bits per heavy atom. The molecule has 0 aliphatic carbocycles. The Kier molecular flexibility index (Phi) is 4.00. The Morgan fingerprint density at radius 1 is 1.32 bits per heavy atom. The van der Waals surface area contributed by atoms with Gasteiger partial charge in [0.25, 0.3) is 0 Å². The fourth-order valence-electron chi connectivity index (χ4n) is 2.12. The zero-order valence-corrected chi connectivity index (χ0v) is 10.5. The van der Waals surface area contributed by atoms with Gasteiger partial charge in [0.1, 0.15) is 0 Å². The number of ether oxygens (including phenoxy) is 1. The van der Waals surface area contributed by atoms with Gasteiger partial charge < -0.3 is 4.74 Å². The van der Waals surface area contributed by atoms with Gasteiger partial charge in [-0.05, 0) is 29.7 Å². The Labute approximate surface area is 112 Å². The maximum atomic E-state index is 11.8. The van der Waals surface area contributed by atoms with Crippen LogP contribution >= 0.6 is 0 Å². The van der Waals surface area contributed by atoms with Gasteiger partial charge in [0.05, 0.1) is 18.2 Å². The van der Waals surface area contributed by atoms with E-state index in [-0.39, 0.29) is 5.97 Å². The maximum absolute atomic E-state index is 11.8. The van der Waals surface area contributed by atoms with E-state index in [4.69, 9.17) is 16.4 Å². The van der Waals surface area contributed by atoms with Crippen molar-refractivity contribution in [2.45, 2.75) is 19.3 Å². The molecule has 19 heavy (non-hydrogen) atoms. The van der Waals surface area contributed by atoms with Crippen molar-refractivity contribution in [3.63, 3.8) is 0 Å². The van der Waals surface area contributed by atoms with Crippen LogP contribution in [0.15, 0.2) is 29.8 Å². The Morgan fingerprint density at radius 2 is 2.05 bits per heavy atom. The molecule has 94 valence electrons. The highest BCUT2D eigenvalue weighted by Gasteiger charge is 2.22. The molecule has 0 saturated heterocycles. The van der Waals surface area contributed by atoms with Crippen molar-refractivity contribution >= 4 is 11.5 Å². The van der Waals surface area contributed by atoms with Crippen LogP contribution < -0.4 is 0 Å². The molecule has 1 aromatic rings. The lowest BCUT2D eigenvalue weighted by Crippen LogP contribution is -2.17. The number of hydrogen-bond acceptors (Lipinski definition) is 3. The van der Waals surface area contributed by atoms with Gasteiger partial charge >= 0.3 is 5.97 Å². The van der Waals surface area contributed by atoms with Crippen LogP contribution in [0.4, 0.5) is 0 Å². The Balaban J connectivity index is 2.39. The van der Waals surface area contributed by atoms with Crippen molar-refractivity contribution in [3.05, 3.63) is 41.0 Å². The largest absolute Gasteiger partial charge is 0.462 e. The molecule has 0 unspecified atom stereocenters. The molecule has 0 amide bonds. The van der Waals surface area contributed by atoms with Crippen LogP contribution in [-0.2, 0) is 9.53 Å². The van der Waals surface area contributed by atoms with Crippen molar-refractivity contribution in [1.82, 2.24) is 0 Å². The molecule has 0 spiro atoms. The summed E-state index contributed by atoms with van der Waals surface area (Å²) in [5.41, 5.74) is 3.21. The highest BCUT2D eigenvalue weighted by molar-refractivity contribution is 5.99. The highest BCUT2D eigenvalue weighted by atomic mass is 16.5. The maximum Gasteiger partial charge on any atom is 0.334 e. The summed E-state index contributed by atoms with van der Waals surface area (Å²) in [6.07, 6.45) is 6.99. The second kappa shape index (κ2) is 5.89. The summed E-state index contributed by atoms with van der Waals surface area (Å²) in [5.74, 6) is 2.26. The summed E-state index contributed by atoms with van der Waals surface area (Å²) in [5, 5.41) is 8.79. The molecule has 1 aliphatic heterocycles.